The Kier molecular flexibility index (Phi) is 6.03. The Morgan fingerprint density at radius 2 is 1.82 bits per heavy atom. The number of halogens is 2. The van der Waals surface area contributed by atoms with Crippen LogP contribution in [0.15, 0.2) is 54.7 Å². The van der Waals surface area contributed by atoms with Crippen molar-refractivity contribution in [1.29, 1.82) is 0 Å². The SMILES string of the molecule is CC(C)COc1ccccc1Cn1ccc(C(=O)Nc2c(F)cccc2F)n1. The van der Waals surface area contributed by atoms with Gasteiger partial charge in [-0.2, -0.15) is 5.10 Å². The van der Waals surface area contributed by atoms with Crippen molar-refractivity contribution in [1.82, 2.24) is 9.78 Å². The van der Waals surface area contributed by atoms with Gasteiger partial charge in [0.15, 0.2) is 5.69 Å². The van der Waals surface area contributed by atoms with Crippen LogP contribution in [0.2, 0.25) is 0 Å². The van der Waals surface area contributed by atoms with Gasteiger partial charge in [0.05, 0.1) is 13.2 Å². The lowest BCUT2D eigenvalue weighted by atomic mass is 10.2. The van der Waals surface area contributed by atoms with Crippen molar-refractivity contribution in [2.24, 2.45) is 5.92 Å². The molecule has 28 heavy (non-hydrogen) atoms. The largest absolute Gasteiger partial charge is 0.493 e. The quantitative estimate of drug-likeness (QED) is 0.652. The number of amides is 1. The van der Waals surface area contributed by atoms with E-state index < -0.39 is 23.2 Å². The van der Waals surface area contributed by atoms with Crippen LogP contribution in [0.5, 0.6) is 5.75 Å². The highest BCUT2D eigenvalue weighted by Gasteiger charge is 2.16. The number of anilines is 1. The van der Waals surface area contributed by atoms with Gasteiger partial charge in [-0.1, -0.05) is 38.1 Å². The summed E-state index contributed by atoms with van der Waals surface area (Å²) in [4.78, 5) is 12.3. The molecule has 2 aromatic carbocycles. The normalized spacial score (nSPS) is 10.9. The highest BCUT2D eigenvalue weighted by Crippen LogP contribution is 2.21. The van der Waals surface area contributed by atoms with Crippen molar-refractivity contribution in [2.75, 3.05) is 11.9 Å². The molecule has 0 aliphatic carbocycles. The van der Waals surface area contributed by atoms with Gasteiger partial charge >= 0.3 is 0 Å². The maximum atomic E-state index is 13.7. The minimum absolute atomic E-state index is 0.0585. The molecule has 0 radical (unpaired) electrons. The van der Waals surface area contributed by atoms with Gasteiger partial charge in [0.25, 0.3) is 5.91 Å². The maximum absolute atomic E-state index is 13.7. The van der Waals surface area contributed by atoms with Gasteiger partial charge in [0, 0.05) is 11.8 Å². The molecule has 1 amide bonds. The number of nitrogens with zero attached hydrogens (tertiary/aromatic N) is 2. The second-order valence-corrected chi connectivity index (χ2v) is 6.76. The molecule has 1 N–H and O–H groups in total. The third-order valence-corrected chi connectivity index (χ3v) is 3.95. The van der Waals surface area contributed by atoms with E-state index in [1.807, 2.05) is 24.3 Å². The Morgan fingerprint density at radius 1 is 1.11 bits per heavy atom. The fourth-order valence-corrected chi connectivity index (χ4v) is 2.57. The van der Waals surface area contributed by atoms with Crippen molar-refractivity contribution in [2.45, 2.75) is 20.4 Å². The van der Waals surface area contributed by atoms with E-state index >= 15 is 0 Å². The highest BCUT2D eigenvalue weighted by atomic mass is 19.1. The summed E-state index contributed by atoms with van der Waals surface area (Å²) in [5, 5.41) is 6.43. The lowest BCUT2D eigenvalue weighted by molar-refractivity contribution is 0.102. The number of para-hydroxylation sites is 2. The zero-order valence-electron chi connectivity index (χ0n) is 15.7. The van der Waals surface area contributed by atoms with Gasteiger partial charge in [-0.25, -0.2) is 8.78 Å². The monoisotopic (exact) mass is 385 g/mol. The molecule has 0 aliphatic rings. The smallest absolute Gasteiger partial charge is 0.276 e. The zero-order chi connectivity index (χ0) is 20.1. The summed E-state index contributed by atoms with van der Waals surface area (Å²) in [5.41, 5.74) is 0.482. The van der Waals surface area contributed by atoms with Crippen molar-refractivity contribution < 1.29 is 18.3 Å². The lowest BCUT2D eigenvalue weighted by Gasteiger charge is -2.13. The molecule has 146 valence electrons. The van der Waals surface area contributed by atoms with Crippen molar-refractivity contribution in [3.05, 3.63) is 77.6 Å². The summed E-state index contributed by atoms with van der Waals surface area (Å²) in [6.07, 6.45) is 1.63. The summed E-state index contributed by atoms with van der Waals surface area (Å²) in [6, 6.07) is 12.5. The van der Waals surface area contributed by atoms with Crippen LogP contribution in [0.1, 0.15) is 29.9 Å². The highest BCUT2D eigenvalue weighted by molar-refractivity contribution is 6.02. The molecule has 0 aliphatic heterocycles. The second-order valence-electron chi connectivity index (χ2n) is 6.76. The summed E-state index contributed by atoms with van der Waals surface area (Å²) >= 11 is 0. The fraction of sp³-hybridized carbons (Fsp3) is 0.238. The molecule has 0 saturated carbocycles. The van der Waals surface area contributed by atoms with E-state index in [0.717, 1.165) is 23.4 Å². The number of carbonyl (C=O) groups is 1. The molecule has 0 spiro atoms. The molecule has 1 heterocycles. The topological polar surface area (TPSA) is 56.1 Å². The predicted molar refractivity (Wildman–Crippen MR) is 102 cm³/mol. The minimum atomic E-state index is -0.844. The fourth-order valence-electron chi connectivity index (χ4n) is 2.57. The van der Waals surface area contributed by atoms with E-state index in [9.17, 15) is 13.6 Å². The Hall–Kier alpha value is -3.22. The predicted octanol–water partition coefficient (Wildman–Crippen LogP) is 4.50. The van der Waals surface area contributed by atoms with Crippen molar-refractivity contribution in [3.8, 4) is 5.75 Å². The molecule has 0 saturated heterocycles. The number of hydrogen-bond donors (Lipinski definition) is 1. The van der Waals surface area contributed by atoms with E-state index in [4.69, 9.17) is 4.74 Å². The molecule has 5 nitrogen and oxygen atoms in total. The van der Waals surface area contributed by atoms with Gasteiger partial charge in [0.1, 0.15) is 23.1 Å². The molecule has 0 bridgehead atoms. The average molecular weight is 385 g/mol. The standard InChI is InChI=1S/C21H21F2N3O2/c1-14(2)13-28-19-9-4-3-6-15(19)12-26-11-10-18(25-26)21(27)24-20-16(22)7-5-8-17(20)23/h3-11,14H,12-13H2,1-2H3,(H,24,27). The third kappa shape index (κ3) is 4.73. The van der Waals surface area contributed by atoms with Gasteiger partial charge in [-0.05, 0) is 30.2 Å². The van der Waals surface area contributed by atoms with Crippen LogP contribution in [0, 0.1) is 17.6 Å². The van der Waals surface area contributed by atoms with E-state index in [0.29, 0.717) is 19.1 Å². The van der Waals surface area contributed by atoms with Crippen molar-refractivity contribution in [3.63, 3.8) is 0 Å². The Balaban J connectivity index is 1.72. The van der Waals surface area contributed by atoms with E-state index in [1.165, 1.54) is 12.1 Å². The lowest BCUT2D eigenvalue weighted by Crippen LogP contribution is -2.15. The third-order valence-electron chi connectivity index (χ3n) is 3.95. The molecule has 1 aromatic heterocycles. The summed E-state index contributed by atoms with van der Waals surface area (Å²) in [7, 11) is 0. The van der Waals surface area contributed by atoms with E-state index in [1.54, 1.807) is 10.9 Å². The molecular weight excluding hydrogens is 364 g/mol. The number of hydrogen-bond acceptors (Lipinski definition) is 3. The number of aromatic nitrogens is 2. The first-order valence-electron chi connectivity index (χ1n) is 8.93. The van der Waals surface area contributed by atoms with Gasteiger partial charge in [0.2, 0.25) is 0 Å². The zero-order valence-corrected chi connectivity index (χ0v) is 15.7. The Labute approximate surface area is 161 Å². The van der Waals surface area contributed by atoms with Crippen LogP contribution >= 0.6 is 0 Å². The average Bonchev–Trinajstić information content (AvgIpc) is 3.12. The van der Waals surface area contributed by atoms with Crippen LogP contribution in [-0.2, 0) is 6.54 Å². The number of ether oxygens (including phenoxy) is 1. The van der Waals surface area contributed by atoms with Crippen LogP contribution in [0.3, 0.4) is 0 Å². The molecular formula is C21H21F2N3O2. The molecule has 3 aromatic rings. The van der Waals surface area contributed by atoms with Crippen LogP contribution in [-0.4, -0.2) is 22.3 Å². The number of rotatable bonds is 7. The van der Waals surface area contributed by atoms with E-state index in [-0.39, 0.29) is 5.69 Å². The van der Waals surface area contributed by atoms with Gasteiger partial charge in [-0.15, -0.1) is 0 Å². The second kappa shape index (κ2) is 8.65. The molecule has 0 atom stereocenters. The van der Waals surface area contributed by atoms with Crippen LogP contribution in [0.4, 0.5) is 14.5 Å². The van der Waals surface area contributed by atoms with Crippen LogP contribution in [0.25, 0.3) is 0 Å². The Bertz CT molecular complexity index is 950. The molecule has 7 heteroatoms. The minimum Gasteiger partial charge on any atom is -0.493 e. The Morgan fingerprint density at radius 3 is 2.54 bits per heavy atom. The van der Waals surface area contributed by atoms with E-state index in [2.05, 4.69) is 24.3 Å². The number of benzene rings is 2. The first-order valence-corrected chi connectivity index (χ1v) is 8.93. The first kappa shape index (κ1) is 19.5. The summed E-state index contributed by atoms with van der Waals surface area (Å²) in [5.74, 6) is -1.22. The number of carbonyl (C=O) groups excluding carboxylic acids is 1. The van der Waals surface area contributed by atoms with Crippen LogP contribution < -0.4 is 10.1 Å². The first-order chi connectivity index (χ1) is 13.4. The molecule has 3 rings (SSSR count). The molecule has 0 unspecified atom stereocenters. The summed E-state index contributed by atoms with van der Waals surface area (Å²) < 4.78 is 34.8. The maximum Gasteiger partial charge on any atom is 0.276 e. The van der Waals surface area contributed by atoms with Crippen molar-refractivity contribution >= 4 is 11.6 Å². The van der Waals surface area contributed by atoms with Gasteiger partial charge < -0.3 is 10.1 Å². The number of nitrogens with one attached hydrogen (secondary N) is 1. The molecule has 0 fully saturated rings. The van der Waals surface area contributed by atoms with Gasteiger partial charge in [-0.3, -0.25) is 9.48 Å². The summed E-state index contributed by atoms with van der Waals surface area (Å²) in [6.45, 7) is 5.13.